The number of nitrogens with zero attached hydrogens (tertiary/aromatic N) is 3. The third-order valence-corrected chi connectivity index (χ3v) is 4.64. The lowest BCUT2D eigenvalue weighted by atomic mass is 9.88. The zero-order chi connectivity index (χ0) is 18.1. The highest BCUT2D eigenvalue weighted by molar-refractivity contribution is 5.67. The van der Waals surface area contributed by atoms with E-state index in [0.29, 0.717) is 24.9 Å². The van der Waals surface area contributed by atoms with Gasteiger partial charge in [-0.15, -0.1) is 0 Å². The average Bonchev–Trinajstić information content (AvgIpc) is 2.62. The summed E-state index contributed by atoms with van der Waals surface area (Å²) in [6.45, 7) is 4.64. The van der Waals surface area contributed by atoms with E-state index < -0.39 is 0 Å². The fourth-order valence-electron chi connectivity index (χ4n) is 2.94. The van der Waals surface area contributed by atoms with E-state index in [1.165, 1.54) is 0 Å². The Labute approximate surface area is 149 Å². The van der Waals surface area contributed by atoms with Gasteiger partial charge >= 0.3 is 6.09 Å². The van der Waals surface area contributed by atoms with Crippen molar-refractivity contribution in [3.05, 3.63) is 12.3 Å². The van der Waals surface area contributed by atoms with E-state index in [4.69, 9.17) is 15.2 Å². The lowest BCUT2D eigenvalue weighted by molar-refractivity contribution is -0.0354. The molecule has 1 aliphatic rings. The summed E-state index contributed by atoms with van der Waals surface area (Å²) in [5.41, 5.74) is 5.49. The topological polar surface area (TPSA) is 103 Å². The molecule has 0 aromatic carbocycles. The molecule has 2 heterocycles. The number of carbonyl (C=O) groups excluding carboxylic acids is 1. The lowest BCUT2D eigenvalue weighted by Crippen LogP contribution is -2.47. The second-order valence-corrected chi connectivity index (χ2v) is 6.32. The third-order valence-electron chi connectivity index (χ3n) is 4.64. The molecular formula is C17H29N5O3. The van der Waals surface area contributed by atoms with Gasteiger partial charge in [-0.3, -0.25) is 0 Å². The van der Waals surface area contributed by atoms with E-state index in [-0.39, 0.29) is 11.7 Å². The second-order valence-electron chi connectivity index (χ2n) is 6.32. The fraction of sp³-hybridized carbons (Fsp3) is 0.706. The Balaban J connectivity index is 1.77. The van der Waals surface area contributed by atoms with Gasteiger partial charge in [-0.1, -0.05) is 13.3 Å². The summed E-state index contributed by atoms with van der Waals surface area (Å²) in [4.78, 5) is 22.3. The van der Waals surface area contributed by atoms with Crippen LogP contribution in [-0.2, 0) is 9.47 Å². The summed E-state index contributed by atoms with van der Waals surface area (Å²) in [5.74, 6) is 1.13. The number of hydrogen-bond acceptors (Lipinski definition) is 7. The van der Waals surface area contributed by atoms with Gasteiger partial charge < -0.3 is 25.4 Å². The molecule has 1 aromatic heterocycles. The minimum Gasteiger partial charge on any atom is -0.450 e. The zero-order valence-corrected chi connectivity index (χ0v) is 15.2. The van der Waals surface area contributed by atoms with Crippen LogP contribution in [-0.4, -0.2) is 55.0 Å². The molecule has 1 saturated heterocycles. The maximum Gasteiger partial charge on any atom is 0.407 e. The maximum absolute atomic E-state index is 11.6. The van der Waals surface area contributed by atoms with Gasteiger partial charge in [0.1, 0.15) is 5.82 Å². The molecule has 1 aliphatic heterocycles. The molecule has 2 rings (SSSR count). The minimum absolute atomic E-state index is 0.243. The molecule has 0 atom stereocenters. The van der Waals surface area contributed by atoms with Crippen molar-refractivity contribution in [3.63, 3.8) is 0 Å². The number of amides is 1. The number of nitrogens with one attached hydrogen (secondary N) is 1. The zero-order valence-electron chi connectivity index (χ0n) is 15.2. The van der Waals surface area contributed by atoms with Crippen LogP contribution in [0.2, 0.25) is 0 Å². The van der Waals surface area contributed by atoms with E-state index >= 15 is 0 Å². The Hall–Kier alpha value is -2.09. The number of ether oxygens (including phenoxy) is 2. The average molecular weight is 351 g/mol. The predicted molar refractivity (Wildman–Crippen MR) is 96.5 cm³/mol. The number of piperidine rings is 1. The summed E-state index contributed by atoms with van der Waals surface area (Å²) in [5, 5.41) is 2.80. The number of hydrogen-bond donors (Lipinski definition) is 2. The minimum atomic E-state index is -0.356. The van der Waals surface area contributed by atoms with Crippen LogP contribution >= 0.6 is 0 Å². The SMILES string of the molecule is CCCCOC(=O)NCCC1(OC)CCN(c2nccc(N)n2)CC1. The number of methoxy groups -OCH3 is 1. The molecule has 8 nitrogen and oxygen atoms in total. The van der Waals surface area contributed by atoms with Crippen molar-refractivity contribution in [2.75, 3.05) is 44.0 Å². The van der Waals surface area contributed by atoms with E-state index in [1.54, 1.807) is 19.4 Å². The van der Waals surface area contributed by atoms with E-state index in [1.807, 2.05) is 0 Å². The first kappa shape index (κ1) is 19.2. The number of nitrogens with two attached hydrogens (primary N) is 1. The van der Waals surface area contributed by atoms with Gasteiger partial charge in [0.25, 0.3) is 0 Å². The first-order chi connectivity index (χ1) is 12.1. The Bertz CT molecular complexity index is 547. The third kappa shape index (κ3) is 5.74. The number of alkyl carbamates (subject to hydrolysis) is 1. The predicted octanol–water partition coefficient (Wildman–Crippen LogP) is 1.96. The molecule has 25 heavy (non-hydrogen) atoms. The van der Waals surface area contributed by atoms with E-state index in [9.17, 15) is 4.79 Å². The van der Waals surface area contributed by atoms with Crippen LogP contribution < -0.4 is 16.0 Å². The van der Waals surface area contributed by atoms with Crippen molar-refractivity contribution >= 4 is 17.9 Å². The van der Waals surface area contributed by atoms with Crippen molar-refractivity contribution in [1.82, 2.24) is 15.3 Å². The summed E-state index contributed by atoms with van der Waals surface area (Å²) in [6, 6.07) is 1.68. The number of aromatic nitrogens is 2. The molecular weight excluding hydrogens is 322 g/mol. The van der Waals surface area contributed by atoms with Crippen molar-refractivity contribution in [2.24, 2.45) is 0 Å². The van der Waals surface area contributed by atoms with Crippen molar-refractivity contribution in [1.29, 1.82) is 0 Å². The first-order valence-electron chi connectivity index (χ1n) is 8.88. The van der Waals surface area contributed by atoms with Crippen LogP contribution in [0.3, 0.4) is 0 Å². The Morgan fingerprint density at radius 1 is 1.44 bits per heavy atom. The van der Waals surface area contributed by atoms with Gasteiger partial charge in [-0.2, -0.15) is 4.98 Å². The highest BCUT2D eigenvalue weighted by atomic mass is 16.5. The van der Waals surface area contributed by atoms with Crippen LogP contribution in [0.1, 0.15) is 39.0 Å². The number of unbranched alkanes of at least 4 members (excludes halogenated alkanes) is 1. The van der Waals surface area contributed by atoms with Gasteiger partial charge in [0, 0.05) is 32.9 Å². The molecule has 1 fully saturated rings. The largest absolute Gasteiger partial charge is 0.450 e. The van der Waals surface area contributed by atoms with Gasteiger partial charge in [0.15, 0.2) is 0 Å². The van der Waals surface area contributed by atoms with Crippen LogP contribution in [0.4, 0.5) is 16.6 Å². The number of carbonyl (C=O) groups is 1. The van der Waals surface area contributed by atoms with Gasteiger partial charge in [-0.05, 0) is 31.7 Å². The molecule has 0 saturated carbocycles. The molecule has 0 bridgehead atoms. The molecule has 1 amide bonds. The highest BCUT2D eigenvalue weighted by Gasteiger charge is 2.35. The number of rotatable bonds is 8. The number of anilines is 2. The van der Waals surface area contributed by atoms with E-state index in [0.717, 1.165) is 45.2 Å². The second kappa shape index (κ2) is 9.41. The standard InChI is InChI=1S/C17H29N5O3/c1-3-4-13-25-16(23)20-10-6-17(24-2)7-11-22(12-8-17)15-19-9-5-14(18)21-15/h5,9H,3-4,6-8,10-13H2,1-2H3,(H,20,23)(H2,18,19,21). The summed E-state index contributed by atoms with van der Waals surface area (Å²) < 4.78 is 10.9. The van der Waals surface area contributed by atoms with Gasteiger partial charge in [-0.25, -0.2) is 9.78 Å². The van der Waals surface area contributed by atoms with Crippen LogP contribution in [0.5, 0.6) is 0 Å². The summed E-state index contributed by atoms with van der Waals surface area (Å²) in [6.07, 6.45) is 5.64. The molecule has 8 heteroatoms. The fourth-order valence-corrected chi connectivity index (χ4v) is 2.94. The first-order valence-corrected chi connectivity index (χ1v) is 8.88. The monoisotopic (exact) mass is 351 g/mol. The van der Waals surface area contributed by atoms with Gasteiger partial charge in [0.2, 0.25) is 5.95 Å². The Morgan fingerprint density at radius 3 is 2.84 bits per heavy atom. The maximum atomic E-state index is 11.6. The molecule has 0 radical (unpaired) electrons. The van der Waals surface area contributed by atoms with Crippen molar-refractivity contribution < 1.29 is 14.3 Å². The van der Waals surface area contributed by atoms with Crippen molar-refractivity contribution in [3.8, 4) is 0 Å². The van der Waals surface area contributed by atoms with Gasteiger partial charge in [0.05, 0.1) is 12.2 Å². The molecule has 0 aliphatic carbocycles. The van der Waals surface area contributed by atoms with Crippen LogP contribution in [0.25, 0.3) is 0 Å². The smallest absolute Gasteiger partial charge is 0.407 e. The van der Waals surface area contributed by atoms with Crippen LogP contribution in [0.15, 0.2) is 12.3 Å². The van der Waals surface area contributed by atoms with Crippen molar-refractivity contribution in [2.45, 2.75) is 44.6 Å². The summed E-state index contributed by atoms with van der Waals surface area (Å²) in [7, 11) is 1.73. The Kier molecular flexibility index (Phi) is 7.24. The molecule has 0 unspecified atom stereocenters. The Morgan fingerprint density at radius 2 is 2.20 bits per heavy atom. The van der Waals surface area contributed by atoms with E-state index in [2.05, 4.69) is 27.1 Å². The molecule has 1 aromatic rings. The summed E-state index contributed by atoms with van der Waals surface area (Å²) >= 11 is 0. The quantitative estimate of drug-likeness (QED) is 0.690. The molecule has 140 valence electrons. The number of nitrogen functional groups attached to an aromatic ring is 1. The van der Waals surface area contributed by atoms with Crippen LogP contribution in [0, 0.1) is 0 Å². The molecule has 0 spiro atoms. The normalized spacial score (nSPS) is 16.5. The lowest BCUT2D eigenvalue weighted by Gasteiger charge is -2.41. The highest BCUT2D eigenvalue weighted by Crippen LogP contribution is 2.30. The molecule has 3 N–H and O–H groups in total.